The van der Waals surface area contributed by atoms with E-state index in [4.69, 9.17) is 0 Å². The summed E-state index contributed by atoms with van der Waals surface area (Å²) in [4.78, 5) is 0. The number of fused-ring (bicyclic) bond motifs is 2. The maximum absolute atomic E-state index is 11.7. The quantitative estimate of drug-likeness (QED) is 0.607. The highest BCUT2D eigenvalue weighted by atomic mass is 32.2. The van der Waals surface area contributed by atoms with Gasteiger partial charge in [0.05, 0.1) is 10.5 Å². The third kappa shape index (κ3) is 1.43. The summed E-state index contributed by atoms with van der Waals surface area (Å²) in [7, 11) is -2.72. The van der Waals surface area contributed by atoms with Gasteiger partial charge in [-0.05, 0) is 32.1 Å². The van der Waals surface area contributed by atoms with E-state index >= 15 is 0 Å². The van der Waals surface area contributed by atoms with E-state index in [9.17, 15) is 8.42 Å². The Morgan fingerprint density at radius 1 is 1.31 bits per heavy atom. The van der Waals surface area contributed by atoms with E-state index in [2.05, 4.69) is 13.0 Å². The van der Waals surface area contributed by atoms with Crippen molar-refractivity contribution in [2.24, 2.45) is 0 Å². The molecule has 0 aromatic heterocycles. The topological polar surface area (TPSA) is 34.1 Å². The van der Waals surface area contributed by atoms with Gasteiger partial charge in [-0.2, -0.15) is 0 Å². The Morgan fingerprint density at radius 3 is 2.31 bits per heavy atom. The van der Waals surface area contributed by atoms with Gasteiger partial charge in [-0.3, -0.25) is 0 Å². The summed E-state index contributed by atoms with van der Waals surface area (Å²) in [6, 6.07) is 0. The summed E-state index contributed by atoms with van der Waals surface area (Å²) in [5.41, 5.74) is 1.38. The maximum Gasteiger partial charge on any atom is 0.156 e. The molecule has 3 heteroatoms. The van der Waals surface area contributed by atoms with E-state index in [-0.39, 0.29) is 10.5 Å². The van der Waals surface area contributed by atoms with E-state index < -0.39 is 9.84 Å². The predicted octanol–water partition coefficient (Wildman–Crippen LogP) is 2.06. The second kappa shape index (κ2) is 3.12. The zero-order chi connectivity index (χ0) is 9.47. The lowest BCUT2D eigenvalue weighted by atomic mass is 10.1. The molecule has 0 spiro atoms. The molecular formula is C10H16O2S. The molecule has 2 nitrogen and oxygen atoms in total. The van der Waals surface area contributed by atoms with Crippen LogP contribution in [-0.4, -0.2) is 18.9 Å². The summed E-state index contributed by atoms with van der Waals surface area (Å²) in [5.74, 6) is 0. The molecule has 2 heterocycles. The Morgan fingerprint density at radius 2 is 1.85 bits per heavy atom. The molecule has 0 aromatic rings. The molecule has 0 aromatic carbocycles. The van der Waals surface area contributed by atoms with Crippen LogP contribution in [-0.2, 0) is 9.84 Å². The maximum atomic E-state index is 11.7. The van der Waals surface area contributed by atoms with Crippen LogP contribution in [0.5, 0.6) is 0 Å². The Labute approximate surface area is 79.9 Å². The number of hydrogen-bond donors (Lipinski definition) is 0. The fraction of sp³-hybridized carbons (Fsp3) is 0.800. The van der Waals surface area contributed by atoms with Gasteiger partial charge in [0.2, 0.25) is 0 Å². The van der Waals surface area contributed by atoms with Gasteiger partial charge >= 0.3 is 0 Å². The lowest BCUT2D eigenvalue weighted by Gasteiger charge is -2.22. The van der Waals surface area contributed by atoms with Gasteiger partial charge in [0.25, 0.3) is 0 Å². The number of sulfone groups is 1. The van der Waals surface area contributed by atoms with Crippen molar-refractivity contribution >= 4 is 9.84 Å². The zero-order valence-corrected chi connectivity index (χ0v) is 8.81. The van der Waals surface area contributed by atoms with Crippen molar-refractivity contribution in [1.29, 1.82) is 0 Å². The summed E-state index contributed by atoms with van der Waals surface area (Å²) in [6.07, 6.45) is 6.66. The zero-order valence-electron chi connectivity index (χ0n) is 7.99. The predicted molar refractivity (Wildman–Crippen MR) is 53.3 cm³/mol. The van der Waals surface area contributed by atoms with E-state index in [0.29, 0.717) is 0 Å². The monoisotopic (exact) mass is 200 g/mol. The molecule has 13 heavy (non-hydrogen) atoms. The standard InChI is InChI=1S/C10H16O2S/c1-2-3-8-6-9-4-5-10(7-8)13(9,11)12/h3,9-10H,2,4-7H2,1H3. The van der Waals surface area contributed by atoms with Gasteiger partial charge in [-0.1, -0.05) is 18.6 Å². The molecule has 2 aliphatic heterocycles. The van der Waals surface area contributed by atoms with Gasteiger partial charge in [-0.25, -0.2) is 8.42 Å². The van der Waals surface area contributed by atoms with Crippen molar-refractivity contribution in [1.82, 2.24) is 0 Å². The number of allylic oxidation sites excluding steroid dienone is 2. The smallest absolute Gasteiger partial charge is 0.156 e. The van der Waals surface area contributed by atoms with Crippen LogP contribution >= 0.6 is 0 Å². The fourth-order valence-electron chi connectivity index (χ4n) is 2.53. The minimum atomic E-state index is -2.72. The van der Waals surface area contributed by atoms with E-state index in [1.807, 2.05) is 0 Å². The molecule has 0 amide bonds. The minimum absolute atomic E-state index is 0.0379. The average Bonchev–Trinajstić information content (AvgIpc) is 2.29. The van der Waals surface area contributed by atoms with E-state index in [0.717, 1.165) is 32.1 Å². The third-order valence-corrected chi connectivity index (χ3v) is 5.88. The first-order valence-electron chi connectivity index (χ1n) is 5.05. The Hall–Kier alpha value is -0.310. The first-order chi connectivity index (χ1) is 6.14. The summed E-state index contributed by atoms with van der Waals surface area (Å²) in [5, 5.41) is -0.0758. The van der Waals surface area contributed by atoms with Crippen LogP contribution in [0.25, 0.3) is 0 Å². The van der Waals surface area contributed by atoms with Crippen LogP contribution in [0.1, 0.15) is 39.0 Å². The highest BCUT2D eigenvalue weighted by Gasteiger charge is 2.44. The molecule has 2 unspecified atom stereocenters. The van der Waals surface area contributed by atoms with Gasteiger partial charge in [-0.15, -0.1) is 0 Å². The second-order valence-electron chi connectivity index (χ2n) is 4.09. The summed E-state index contributed by atoms with van der Waals surface area (Å²) in [6.45, 7) is 2.11. The van der Waals surface area contributed by atoms with Crippen molar-refractivity contribution in [3.05, 3.63) is 11.6 Å². The van der Waals surface area contributed by atoms with Crippen LogP contribution in [0.4, 0.5) is 0 Å². The molecule has 2 fully saturated rings. The van der Waals surface area contributed by atoms with Crippen LogP contribution < -0.4 is 0 Å². The van der Waals surface area contributed by atoms with Crippen LogP contribution in [0.15, 0.2) is 11.6 Å². The molecule has 2 bridgehead atoms. The van der Waals surface area contributed by atoms with Crippen LogP contribution in [0.3, 0.4) is 0 Å². The van der Waals surface area contributed by atoms with Crippen molar-refractivity contribution in [2.75, 3.05) is 0 Å². The highest BCUT2D eigenvalue weighted by molar-refractivity contribution is 7.93. The van der Waals surface area contributed by atoms with Crippen molar-refractivity contribution in [2.45, 2.75) is 49.5 Å². The lowest BCUT2D eigenvalue weighted by Crippen LogP contribution is -2.28. The van der Waals surface area contributed by atoms with Gasteiger partial charge in [0.1, 0.15) is 0 Å². The minimum Gasteiger partial charge on any atom is -0.228 e. The fourth-order valence-corrected chi connectivity index (χ4v) is 4.90. The molecule has 2 atom stereocenters. The van der Waals surface area contributed by atoms with Crippen molar-refractivity contribution in [3.63, 3.8) is 0 Å². The van der Waals surface area contributed by atoms with E-state index in [1.54, 1.807) is 0 Å². The summed E-state index contributed by atoms with van der Waals surface area (Å²) < 4.78 is 23.4. The third-order valence-electron chi connectivity index (χ3n) is 3.21. The van der Waals surface area contributed by atoms with Gasteiger partial charge < -0.3 is 0 Å². The Balaban J connectivity index is 2.25. The molecule has 0 saturated carbocycles. The first kappa shape index (κ1) is 9.25. The average molecular weight is 200 g/mol. The van der Waals surface area contributed by atoms with Crippen molar-refractivity contribution < 1.29 is 8.42 Å². The molecular weight excluding hydrogens is 184 g/mol. The largest absolute Gasteiger partial charge is 0.228 e. The van der Waals surface area contributed by atoms with Gasteiger partial charge in [0, 0.05) is 0 Å². The summed E-state index contributed by atoms with van der Waals surface area (Å²) >= 11 is 0. The van der Waals surface area contributed by atoms with Gasteiger partial charge in [0.15, 0.2) is 9.84 Å². The first-order valence-corrected chi connectivity index (χ1v) is 6.66. The van der Waals surface area contributed by atoms with Crippen LogP contribution in [0.2, 0.25) is 0 Å². The SMILES string of the molecule is CCC=C1CC2CCC(C1)S2(=O)=O. The lowest BCUT2D eigenvalue weighted by molar-refractivity contribution is 0.569. The molecule has 2 saturated heterocycles. The number of rotatable bonds is 1. The highest BCUT2D eigenvalue weighted by Crippen LogP contribution is 2.40. The molecule has 0 aliphatic carbocycles. The Bertz CT molecular complexity index is 305. The molecule has 0 radical (unpaired) electrons. The molecule has 0 N–H and O–H groups in total. The normalized spacial score (nSPS) is 36.2. The molecule has 2 aliphatic rings. The molecule has 2 rings (SSSR count). The number of hydrogen-bond acceptors (Lipinski definition) is 2. The molecule has 74 valence electrons. The van der Waals surface area contributed by atoms with Crippen LogP contribution in [0, 0.1) is 0 Å². The second-order valence-corrected chi connectivity index (χ2v) is 6.60. The Kier molecular flexibility index (Phi) is 2.22. The van der Waals surface area contributed by atoms with Crippen molar-refractivity contribution in [3.8, 4) is 0 Å². The van der Waals surface area contributed by atoms with E-state index in [1.165, 1.54) is 5.57 Å².